The fraction of sp³-hybridized carbons (Fsp3) is 0.596. The zero-order valence-corrected chi connectivity index (χ0v) is 39.9. The van der Waals surface area contributed by atoms with Crippen molar-refractivity contribution >= 4 is 46.7 Å². The number of benzene rings is 2. The Hall–Kier alpha value is -5.09. The number of anilines is 1. The van der Waals surface area contributed by atoms with Gasteiger partial charge in [-0.15, -0.1) is 0 Å². The number of rotatable bonds is 13. The summed E-state index contributed by atoms with van der Waals surface area (Å²) >= 11 is 0. The number of H-pyrrole nitrogens is 1. The predicted octanol–water partition coefficient (Wildman–Crippen LogP) is 5.28. The number of nitrogens with one attached hydrogen (secondary N) is 1. The molecule has 6 aliphatic rings. The lowest BCUT2D eigenvalue weighted by Gasteiger charge is -2.63. The molecule has 1 spiro atoms. The second kappa shape index (κ2) is 17.1. The molecule has 0 radical (unpaired) electrons. The number of nitrogens with zero attached hydrogens (tertiary/aromatic N) is 3. The van der Waals surface area contributed by atoms with E-state index in [0.29, 0.717) is 106 Å². The Kier molecular flexibility index (Phi) is 12.0. The second-order valence-electron chi connectivity index (χ2n) is 20.2. The van der Waals surface area contributed by atoms with Crippen molar-refractivity contribution in [3.05, 3.63) is 70.4 Å². The van der Waals surface area contributed by atoms with Gasteiger partial charge in [0.25, 0.3) is 0 Å². The van der Waals surface area contributed by atoms with Gasteiger partial charge in [0.2, 0.25) is 12.0 Å². The number of methoxy groups -OCH3 is 3. The maximum atomic E-state index is 15.6. The van der Waals surface area contributed by atoms with E-state index in [-0.39, 0.29) is 23.9 Å². The average Bonchev–Trinajstić information content (AvgIpc) is 4.00. The van der Waals surface area contributed by atoms with Crippen LogP contribution in [0.5, 0.6) is 5.75 Å². The van der Waals surface area contributed by atoms with Gasteiger partial charge in [-0.05, 0) is 92.8 Å². The van der Waals surface area contributed by atoms with E-state index in [1.807, 2.05) is 50.3 Å². The van der Waals surface area contributed by atoms with Crippen LogP contribution in [-0.2, 0) is 50.6 Å². The lowest BCUT2D eigenvalue weighted by molar-refractivity contribution is -0.228. The number of carbonyl (C=O) groups excluding carboxylic acids is 5. The molecule has 1 aliphatic carbocycles. The summed E-state index contributed by atoms with van der Waals surface area (Å²) in [5.41, 5.74) is -3.29. The maximum Gasteiger partial charge on any atom is 0.344 e. The normalized spacial score (nSPS) is 33.9. The summed E-state index contributed by atoms with van der Waals surface area (Å²) in [5.74, 6) is -2.21. The van der Waals surface area contributed by atoms with Crippen molar-refractivity contribution in [2.24, 2.45) is 11.3 Å². The average molecular weight is 923 g/mol. The minimum absolute atomic E-state index is 0.0516. The van der Waals surface area contributed by atoms with Crippen LogP contribution in [0.3, 0.4) is 0 Å². The zero-order valence-electron chi connectivity index (χ0n) is 39.9. The third-order valence-electron chi connectivity index (χ3n) is 16.9. The Labute approximate surface area is 392 Å². The van der Waals surface area contributed by atoms with Crippen molar-refractivity contribution in [1.29, 1.82) is 0 Å². The number of hydrogen-bond acceptors (Lipinski definition) is 13. The second-order valence-corrected chi connectivity index (χ2v) is 20.2. The van der Waals surface area contributed by atoms with Gasteiger partial charge in [-0.3, -0.25) is 29.0 Å². The molecule has 1 aromatic heterocycles. The fourth-order valence-corrected chi connectivity index (χ4v) is 14.3. The molecular formula is C52H66N4O11. The van der Waals surface area contributed by atoms with Crippen LogP contribution in [0.25, 0.3) is 10.9 Å². The summed E-state index contributed by atoms with van der Waals surface area (Å²) in [4.78, 5) is 80.4. The van der Waals surface area contributed by atoms with Crippen LogP contribution in [0.1, 0.15) is 118 Å². The van der Waals surface area contributed by atoms with E-state index in [0.717, 1.165) is 35.7 Å². The number of aromatic amines is 1. The lowest BCUT2D eigenvalue weighted by atomic mass is 9.47. The molecule has 1 amide bonds. The van der Waals surface area contributed by atoms with Gasteiger partial charge in [0.1, 0.15) is 11.2 Å². The number of carbonyl (C=O) groups is 5. The first-order valence-electron chi connectivity index (χ1n) is 24.2. The van der Waals surface area contributed by atoms with Gasteiger partial charge in [0.05, 0.1) is 38.7 Å². The van der Waals surface area contributed by atoms with Crippen LogP contribution >= 0.6 is 0 Å². The maximum absolute atomic E-state index is 15.6. The molecule has 10 atom stereocenters. The molecule has 15 nitrogen and oxygen atoms in total. The van der Waals surface area contributed by atoms with Crippen LogP contribution in [0.4, 0.5) is 5.69 Å². The van der Waals surface area contributed by atoms with Crippen molar-refractivity contribution in [3.8, 4) is 5.75 Å². The number of ketones is 1. The SMILES string of the molecule is CCCCCC(=O)c1ccc2[nH]c3c(c2c1)CCN1C[C@H](C[C@@](O)(CC)C1)C[C@]3(C(=O)OC)c1cc2c(cc1OC)N(C=O)C1[C@]23CCN2CC=C[C@@](CC)([C@@H](OC(C)=O)[C@]1(O)C(=O)OC)[C@H]23. The lowest BCUT2D eigenvalue weighted by Crippen LogP contribution is -2.81. The number of esters is 3. The van der Waals surface area contributed by atoms with Gasteiger partial charge in [-0.2, -0.15) is 0 Å². The molecule has 67 heavy (non-hydrogen) atoms. The number of unbranched alkanes of at least 4 members (excludes halogenated alkanes) is 2. The fourth-order valence-electron chi connectivity index (χ4n) is 14.3. The van der Waals surface area contributed by atoms with E-state index in [9.17, 15) is 29.4 Å². The molecule has 5 aliphatic heterocycles. The smallest absolute Gasteiger partial charge is 0.344 e. The highest BCUT2D eigenvalue weighted by Gasteiger charge is 2.81. The van der Waals surface area contributed by atoms with Crippen molar-refractivity contribution < 1.29 is 53.1 Å². The molecule has 2 unspecified atom stereocenters. The molecular weight excluding hydrogens is 857 g/mol. The number of aliphatic hydroxyl groups is 2. The third kappa shape index (κ3) is 6.68. The number of amides is 1. The van der Waals surface area contributed by atoms with Gasteiger partial charge in [-0.1, -0.05) is 45.8 Å². The Morgan fingerprint density at radius 3 is 2.37 bits per heavy atom. The molecule has 15 heteroatoms. The minimum Gasteiger partial charge on any atom is -0.496 e. The van der Waals surface area contributed by atoms with Crippen LogP contribution < -0.4 is 9.64 Å². The highest BCUT2D eigenvalue weighted by molar-refractivity contribution is 6.02. The van der Waals surface area contributed by atoms with Crippen LogP contribution in [0.15, 0.2) is 42.5 Å². The van der Waals surface area contributed by atoms with E-state index in [1.165, 1.54) is 33.2 Å². The number of Topliss-reactive ketones (excluding diaryl/α,β-unsaturated/α-hetero) is 1. The Balaban J connectivity index is 1.36. The molecule has 360 valence electrons. The van der Waals surface area contributed by atoms with E-state index in [2.05, 4.69) is 21.7 Å². The van der Waals surface area contributed by atoms with E-state index in [4.69, 9.17) is 18.9 Å². The number of piperidine rings is 1. The van der Waals surface area contributed by atoms with Crippen LogP contribution in [0, 0.1) is 11.3 Å². The van der Waals surface area contributed by atoms with E-state index >= 15 is 4.79 Å². The summed E-state index contributed by atoms with van der Waals surface area (Å²) in [5, 5.41) is 26.3. The molecule has 2 aromatic carbocycles. The van der Waals surface area contributed by atoms with E-state index in [1.54, 1.807) is 6.07 Å². The summed E-state index contributed by atoms with van der Waals surface area (Å²) in [7, 11) is 4.04. The topological polar surface area (TPSA) is 188 Å². The van der Waals surface area contributed by atoms with Crippen molar-refractivity contribution in [2.45, 2.75) is 132 Å². The van der Waals surface area contributed by atoms with Crippen LogP contribution in [0.2, 0.25) is 0 Å². The van der Waals surface area contributed by atoms with Crippen LogP contribution in [-0.4, -0.2) is 139 Å². The molecule has 9 rings (SSSR count). The first-order chi connectivity index (χ1) is 32.1. The summed E-state index contributed by atoms with van der Waals surface area (Å²) in [6, 6.07) is 7.54. The molecule has 3 aromatic rings. The molecule has 6 heterocycles. The van der Waals surface area contributed by atoms with Crippen molar-refractivity contribution in [3.63, 3.8) is 0 Å². The molecule has 1 saturated carbocycles. The van der Waals surface area contributed by atoms with Gasteiger partial charge in [-0.25, -0.2) is 4.79 Å². The standard InChI is InChI=1S/C52H66N4O11/c1-8-11-12-14-40(59)33-15-16-38-35(23-33)34-17-21-54-28-32(26-48(62,9-2)29-54)27-51(42(34)53-38,46(60)65-6)37-24-36-39(25-41(37)64-5)56(30-57)44-50(36)19-22-55-20-13-18-49(10-3,43(50)55)45(67-31(4)58)52(44,63)47(61)66-7/h13,15-16,18,23-25,30,32,43-45,53,62-63H,8-12,14,17,19-22,26-29H2,1-7H3/t32-,43+,44?,45-,48+,49-,50-,51+,52+/m1/s1. The highest BCUT2D eigenvalue weighted by Crippen LogP contribution is 2.68. The number of ether oxygens (including phenoxy) is 4. The summed E-state index contributed by atoms with van der Waals surface area (Å²) in [6.45, 7) is 9.99. The predicted molar refractivity (Wildman–Crippen MR) is 249 cm³/mol. The van der Waals surface area contributed by atoms with Gasteiger partial charge < -0.3 is 39.0 Å². The molecule has 3 fully saturated rings. The quantitative estimate of drug-likeness (QED) is 0.0503. The molecule has 3 N–H and O–H groups in total. The summed E-state index contributed by atoms with van der Waals surface area (Å²) < 4.78 is 23.9. The van der Waals surface area contributed by atoms with E-state index < -0.39 is 63.5 Å². The van der Waals surface area contributed by atoms with Gasteiger partial charge in [0, 0.05) is 90.2 Å². The van der Waals surface area contributed by atoms with Crippen molar-refractivity contribution in [1.82, 2.24) is 14.8 Å². The van der Waals surface area contributed by atoms with Gasteiger partial charge in [0.15, 0.2) is 11.9 Å². The highest BCUT2D eigenvalue weighted by atomic mass is 16.6. The largest absolute Gasteiger partial charge is 0.496 e. The van der Waals surface area contributed by atoms with Gasteiger partial charge >= 0.3 is 17.9 Å². The summed E-state index contributed by atoms with van der Waals surface area (Å²) in [6.07, 6.45) is 8.62. The number of fused-ring (bicyclic) bond motifs is 6. The Morgan fingerprint density at radius 1 is 0.925 bits per heavy atom. The third-order valence-corrected chi connectivity index (χ3v) is 16.9. The number of aromatic nitrogens is 1. The minimum atomic E-state index is -2.57. The first-order valence-corrected chi connectivity index (χ1v) is 24.2. The Morgan fingerprint density at radius 2 is 1.70 bits per heavy atom. The Bertz CT molecular complexity index is 2540. The molecule has 2 saturated heterocycles. The number of hydrogen-bond donors (Lipinski definition) is 3. The molecule has 2 bridgehead atoms. The first kappa shape index (κ1) is 47.0. The van der Waals surface area contributed by atoms with Crippen molar-refractivity contribution in [2.75, 3.05) is 59.0 Å². The zero-order chi connectivity index (χ0) is 47.8. The monoisotopic (exact) mass is 922 g/mol.